The molecule has 5 nitrogen and oxygen atoms in total. The second-order valence-corrected chi connectivity index (χ2v) is 7.35. The Morgan fingerprint density at radius 1 is 1.22 bits per heavy atom. The highest BCUT2D eigenvalue weighted by molar-refractivity contribution is 7.99. The molecule has 1 N–H and O–H groups in total. The van der Waals surface area contributed by atoms with E-state index in [9.17, 15) is 13.2 Å². The quantitative estimate of drug-likeness (QED) is 0.641. The lowest BCUT2D eigenvalue weighted by molar-refractivity contribution is 0.0600. The first-order chi connectivity index (χ1) is 10.9. The minimum absolute atomic E-state index is 0.0202. The molecule has 0 saturated heterocycles. The Kier molecular flexibility index (Phi) is 5.56. The first kappa shape index (κ1) is 17.7. The summed E-state index contributed by atoms with van der Waals surface area (Å²) in [5.74, 6) is -0.636. The Bertz CT molecular complexity index is 837. The number of methoxy groups -OCH3 is 1. The number of nitrogens with one attached hydrogen (secondary N) is 1. The van der Waals surface area contributed by atoms with Crippen LogP contribution in [0.3, 0.4) is 0 Å². The van der Waals surface area contributed by atoms with Gasteiger partial charge in [-0.05, 0) is 36.6 Å². The number of sulfonamides is 1. The van der Waals surface area contributed by atoms with E-state index in [-0.39, 0.29) is 15.5 Å². The minimum atomic E-state index is -3.94. The first-order valence-corrected chi connectivity index (χ1v) is 9.51. The van der Waals surface area contributed by atoms with Crippen LogP contribution < -0.4 is 4.72 Å². The summed E-state index contributed by atoms with van der Waals surface area (Å²) in [6, 6.07) is 10.9. The van der Waals surface area contributed by atoms with Gasteiger partial charge in [-0.2, -0.15) is 0 Å². The highest BCUT2D eigenvalue weighted by atomic mass is 35.5. The number of carbonyl (C=O) groups is 1. The van der Waals surface area contributed by atoms with Crippen molar-refractivity contribution >= 4 is 45.0 Å². The van der Waals surface area contributed by atoms with Gasteiger partial charge in [0.1, 0.15) is 4.90 Å². The molecule has 0 radical (unpaired) electrons. The van der Waals surface area contributed by atoms with Gasteiger partial charge in [-0.15, -0.1) is 11.8 Å². The van der Waals surface area contributed by atoms with Gasteiger partial charge in [-0.3, -0.25) is 4.72 Å². The number of hydrogen-bond acceptors (Lipinski definition) is 5. The van der Waals surface area contributed by atoms with Gasteiger partial charge < -0.3 is 4.74 Å². The summed E-state index contributed by atoms with van der Waals surface area (Å²) < 4.78 is 32.3. The van der Waals surface area contributed by atoms with E-state index < -0.39 is 16.0 Å². The van der Waals surface area contributed by atoms with Crippen molar-refractivity contribution in [2.24, 2.45) is 0 Å². The molecule has 0 aliphatic heterocycles. The standard InChI is InChI=1S/C15H14ClNO4S2/c1-21-15(18)10-7-8-11(16)14(9-10)23(19,20)17-12-5-3-4-6-13(12)22-2/h3-9,17H,1-2H3. The molecule has 0 aliphatic rings. The monoisotopic (exact) mass is 371 g/mol. The zero-order valence-electron chi connectivity index (χ0n) is 12.4. The molecule has 0 atom stereocenters. The summed E-state index contributed by atoms with van der Waals surface area (Å²) in [5, 5.41) is 0.0202. The van der Waals surface area contributed by atoms with Crippen molar-refractivity contribution in [3.8, 4) is 0 Å². The molecule has 0 unspecified atom stereocenters. The van der Waals surface area contributed by atoms with Crippen LogP contribution in [0.25, 0.3) is 0 Å². The molecule has 8 heteroatoms. The van der Waals surface area contributed by atoms with Gasteiger partial charge in [0, 0.05) is 4.90 Å². The van der Waals surface area contributed by atoms with Crippen molar-refractivity contribution in [1.82, 2.24) is 0 Å². The van der Waals surface area contributed by atoms with E-state index in [2.05, 4.69) is 9.46 Å². The molecule has 0 heterocycles. The predicted octanol–water partition coefficient (Wildman–Crippen LogP) is 3.65. The fourth-order valence-corrected chi connectivity index (χ4v) is 4.11. The summed E-state index contributed by atoms with van der Waals surface area (Å²) in [5.41, 5.74) is 0.551. The number of ether oxygens (including phenoxy) is 1. The Balaban J connectivity index is 2.45. The lowest BCUT2D eigenvalue weighted by atomic mass is 10.2. The molecule has 122 valence electrons. The number of benzene rings is 2. The van der Waals surface area contributed by atoms with Crippen molar-refractivity contribution in [2.75, 3.05) is 18.1 Å². The van der Waals surface area contributed by atoms with Crippen molar-refractivity contribution in [3.05, 3.63) is 53.1 Å². The van der Waals surface area contributed by atoms with Crippen LogP contribution in [-0.2, 0) is 14.8 Å². The van der Waals surface area contributed by atoms with Gasteiger partial charge in [-0.25, -0.2) is 13.2 Å². The maximum atomic E-state index is 12.6. The molecule has 2 aromatic carbocycles. The number of thioether (sulfide) groups is 1. The van der Waals surface area contributed by atoms with Crippen molar-refractivity contribution < 1.29 is 17.9 Å². The number of para-hydroxylation sites is 1. The highest BCUT2D eigenvalue weighted by Crippen LogP contribution is 2.29. The van der Waals surface area contributed by atoms with Crippen molar-refractivity contribution in [2.45, 2.75) is 9.79 Å². The van der Waals surface area contributed by atoms with Crippen LogP contribution in [0, 0.1) is 0 Å². The molecule has 0 bridgehead atoms. The Morgan fingerprint density at radius 3 is 2.57 bits per heavy atom. The molecule has 0 fully saturated rings. The number of esters is 1. The smallest absolute Gasteiger partial charge is 0.337 e. The molecule has 0 spiro atoms. The molecule has 0 saturated carbocycles. The average Bonchev–Trinajstić information content (AvgIpc) is 2.54. The molecule has 0 aliphatic carbocycles. The Labute approximate surface area is 144 Å². The summed E-state index contributed by atoms with van der Waals surface area (Å²) in [4.78, 5) is 12.2. The SMILES string of the molecule is COC(=O)c1ccc(Cl)c(S(=O)(=O)Nc2ccccc2SC)c1. The lowest BCUT2D eigenvalue weighted by Crippen LogP contribution is -2.15. The largest absolute Gasteiger partial charge is 0.465 e. The molecule has 0 amide bonds. The predicted molar refractivity (Wildman–Crippen MR) is 91.8 cm³/mol. The number of hydrogen-bond donors (Lipinski definition) is 1. The zero-order chi connectivity index (χ0) is 17.0. The van der Waals surface area contributed by atoms with Gasteiger partial charge >= 0.3 is 5.97 Å². The topological polar surface area (TPSA) is 72.5 Å². The third-order valence-corrected chi connectivity index (χ3v) is 5.64. The van der Waals surface area contributed by atoms with Crippen LogP contribution in [0.5, 0.6) is 0 Å². The van der Waals surface area contributed by atoms with Gasteiger partial charge in [0.25, 0.3) is 10.0 Å². The number of carbonyl (C=O) groups excluding carboxylic acids is 1. The van der Waals surface area contributed by atoms with Gasteiger partial charge in [0.05, 0.1) is 23.4 Å². The molecule has 2 rings (SSSR count). The second-order valence-electron chi connectivity index (χ2n) is 4.44. The third kappa shape index (κ3) is 3.99. The van der Waals surface area contributed by atoms with E-state index in [4.69, 9.17) is 11.6 Å². The van der Waals surface area contributed by atoms with Crippen LogP contribution in [0.1, 0.15) is 10.4 Å². The van der Waals surface area contributed by atoms with E-state index >= 15 is 0 Å². The summed E-state index contributed by atoms with van der Waals surface area (Å²) in [6.45, 7) is 0. The van der Waals surface area contributed by atoms with E-state index in [0.717, 1.165) is 4.90 Å². The highest BCUT2D eigenvalue weighted by Gasteiger charge is 2.21. The van der Waals surface area contributed by atoms with E-state index in [1.54, 1.807) is 18.2 Å². The van der Waals surface area contributed by atoms with Gasteiger partial charge in [0.2, 0.25) is 0 Å². The van der Waals surface area contributed by atoms with Gasteiger partial charge in [0.15, 0.2) is 0 Å². The number of halogens is 1. The summed E-state index contributed by atoms with van der Waals surface area (Å²) in [6.07, 6.45) is 1.85. The van der Waals surface area contributed by atoms with Crippen LogP contribution in [0.2, 0.25) is 5.02 Å². The molecule has 0 aromatic heterocycles. The fourth-order valence-electron chi connectivity index (χ4n) is 1.88. The first-order valence-electron chi connectivity index (χ1n) is 6.42. The minimum Gasteiger partial charge on any atom is -0.465 e. The molecular formula is C15H14ClNO4S2. The average molecular weight is 372 g/mol. The summed E-state index contributed by atoms with van der Waals surface area (Å²) >= 11 is 7.41. The van der Waals surface area contributed by atoms with Crippen molar-refractivity contribution in [1.29, 1.82) is 0 Å². The zero-order valence-corrected chi connectivity index (χ0v) is 14.8. The number of rotatable bonds is 5. The van der Waals surface area contributed by atoms with Crippen LogP contribution in [-0.4, -0.2) is 27.8 Å². The Morgan fingerprint density at radius 2 is 1.91 bits per heavy atom. The van der Waals surface area contributed by atoms with Crippen LogP contribution >= 0.6 is 23.4 Å². The summed E-state index contributed by atoms with van der Waals surface area (Å²) in [7, 11) is -2.72. The lowest BCUT2D eigenvalue weighted by Gasteiger charge is -2.13. The van der Waals surface area contributed by atoms with Crippen molar-refractivity contribution in [3.63, 3.8) is 0 Å². The van der Waals surface area contributed by atoms with Crippen LogP contribution in [0.15, 0.2) is 52.3 Å². The third-order valence-electron chi connectivity index (χ3n) is 2.99. The van der Waals surface area contributed by atoms with Crippen LogP contribution in [0.4, 0.5) is 5.69 Å². The Hall–Kier alpha value is -1.70. The normalized spacial score (nSPS) is 11.1. The number of anilines is 1. The second kappa shape index (κ2) is 7.25. The van der Waals surface area contributed by atoms with E-state index in [1.807, 2.05) is 12.3 Å². The molecule has 23 heavy (non-hydrogen) atoms. The molecule has 2 aromatic rings. The molecular weight excluding hydrogens is 358 g/mol. The maximum absolute atomic E-state index is 12.6. The van der Waals surface area contributed by atoms with E-state index in [0.29, 0.717) is 5.69 Å². The maximum Gasteiger partial charge on any atom is 0.337 e. The van der Waals surface area contributed by atoms with Gasteiger partial charge in [-0.1, -0.05) is 23.7 Å². The van der Waals surface area contributed by atoms with E-state index in [1.165, 1.54) is 37.1 Å². The fraction of sp³-hybridized carbons (Fsp3) is 0.133.